The first-order chi connectivity index (χ1) is 11.6. The van der Waals surface area contributed by atoms with Crippen molar-refractivity contribution in [1.29, 1.82) is 0 Å². The Kier molecular flexibility index (Phi) is 5.17. The van der Waals surface area contributed by atoms with Crippen molar-refractivity contribution in [2.24, 2.45) is 0 Å². The Morgan fingerprint density at radius 1 is 1.00 bits per heavy atom. The molecule has 0 radical (unpaired) electrons. The zero-order chi connectivity index (χ0) is 17.1. The van der Waals surface area contributed by atoms with Gasteiger partial charge in [0.05, 0.1) is 28.4 Å². The third-order valence-corrected chi connectivity index (χ3v) is 4.99. The fraction of sp³-hybridized carbons (Fsp3) is 0.278. The Bertz CT molecular complexity index is 744. The number of carbonyl (C=O) groups is 1. The van der Waals surface area contributed by atoms with Gasteiger partial charge < -0.3 is 14.5 Å². The van der Waals surface area contributed by atoms with E-state index in [4.69, 9.17) is 27.9 Å². The number of hydrogen-bond acceptors (Lipinski definition) is 3. The molecule has 0 spiro atoms. The third-order valence-electron chi connectivity index (χ3n) is 4.17. The van der Waals surface area contributed by atoms with Crippen molar-refractivity contribution in [3.8, 4) is 5.75 Å². The molecule has 0 atom stereocenters. The predicted molar refractivity (Wildman–Crippen MR) is 97.6 cm³/mol. The van der Waals surface area contributed by atoms with Crippen LogP contribution in [0.3, 0.4) is 0 Å². The van der Waals surface area contributed by atoms with E-state index in [2.05, 4.69) is 4.90 Å². The number of halogens is 2. The molecule has 1 fully saturated rings. The Labute approximate surface area is 151 Å². The van der Waals surface area contributed by atoms with E-state index in [1.165, 1.54) is 0 Å². The number of para-hydroxylation sites is 2. The van der Waals surface area contributed by atoms with Crippen molar-refractivity contribution in [2.75, 3.05) is 38.2 Å². The molecule has 24 heavy (non-hydrogen) atoms. The summed E-state index contributed by atoms with van der Waals surface area (Å²) in [6, 6.07) is 13.0. The summed E-state index contributed by atoms with van der Waals surface area (Å²) in [5, 5.41) is 0.714. The molecule has 2 aromatic rings. The number of carbonyl (C=O) groups excluding carboxylic acids is 1. The smallest absolute Gasteiger partial charge is 0.255 e. The number of amides is 1. The van der Waals surface area contributed by atoms with E-state index >= 15 is 0 Å². The van der Waals surface area contributed by atoms with Crippen LogP contribution in [0, 0.1) is 0 Å². The van der Waals surface area contributed by atoms with Gasteiger partial charge in [0.15, 0.2) is 0 Å². The minimum atomic E-state index is -0.0813. The molecule has 1 aliphatic heterocycles. The maximum Gasteiger partial charge on any atom is 0.255 e. The highest BCUT2D eigenvalue weighted by atomic mass is 35.5. The number of rotatable bonds is 3. The molecule has 0 aliphatic carbocycles. The number of anilines is 1. The Morgan fingerprint density at radius 2 is 1.71 bits per heavy atom. The van der Waals surface area contributed by atoms with Crippen molar-refractivity contribution in [2.45, 2.75) is 0 Å². The van der Waals surface area contributed by atoms with Crippen molar-refractivity contribution < 1.29 is 9.53 Å². The van der Waals surface area contributed by atoms with Crippen LogP contribution in [0.15, 0.2) is 42.5 Å². The van der Waals surface area contributed by atoms with Crippen LogP contribution in [-0.2, 0) is 0 Å². The number of hydrogen-bond donors (Lipinski definition) is 0. The molecule has 6 heteroatoms. The Morgan fingerprint density at radius 3 is 2.42 bits per heavy atom. The summed E-state index contributed by atoms with van der Waals surface area (Å²) in [7, 11) is 1.67. The lowest BCUT2D eigenvalue weighted by Crippen LogP contribution is -2.49. The first kappa shape index (κ1) is 16.9. The van der Waals surface area contributed by atoms with Crippen molar-refractivity contribution in [3.05, 3.63) is 58.1 Å². The molecule has 0 unspecified atom stereocenters. The van der Waals surface area contributed by atoms with Crippen LogP contribution < -0.4 is 9.64 Å². The predicted octanol–water partition coefficient (Wildman–Crippen LogP) is 3.96. The topological polar surface area (TPSA) is 32.8 Å². The summed E-state index contributed by atoms with van der Waals surface area (Å²) in [6.45, 7) is 2.73. The zero-order valence-corrected chi connectivity index (χ0v) is 14.8. The van der Waals surface area contributed by atoms with Crippen molar-refractivity contribution in [3.63, 3.8) is 0 Å². The number of methoxy groups -OCH3 is 1. The third kappa shape index (κ3) is 3.30. The molecule has 0 N–H and O–H groups in total. The molecular weight excluding hydrogens is 347 g/mol. The van der Waals surface area contributed by atoms with Crippen LogP contribution in [0.2, 0.25) is 10.0 Å². The van der Waals surface area contributed by atoms with E-state index in [1.54, 1.807) is 25.3 Å². The van der Waals surface area contributed by atoms with Crippen LogP contribution >= 0.6 is 23.2 Å². The molecule has 126 valence electrons. The van der Waals surface area contributed by atoms with Crippen LogP contribution in [0.5, 0.6) is 5.75 Å². The minimum absolute atomic E-state index is 0.0813. The Balaban J connectivity index is 1.71. The first-order valence-corrected chi connectivity index (χ1v) is 8.48. The molecule has 0 saturated carbocycles. The number of nitrogens with zero attached hydrogens (tertiary/aromatic N) is 2. The van der Waals surface area contributed by atoms with Gasteiger partial charge in [-0.1, -0.05) is 41.4 Å². The highest BCUT2D eigenvalue weighted by Gasteiger charge is 2.25. The molecule has 1 heterocycles. The van der Waals surface area contributed by atoms with Gasteiger partial charge in [0.25, 0.3) is 5.91 Å². The van der Waals surface area contributed by atoms with Gasteiger partial charge in [-0.05, 0) is 24.3 Å². The SMILES string of the molecule is COc1ccccc1N1CCN(C(=O)c2cccc(Cl)c2Cl)CC1. The highest BCUT2D eigenvalue weighted by Crippen LogP contribution is 2.30. The lowest BCUT2D eigenvalue weighted by atomic mass is 10.1. The normalized spacial score (nSPS) is 14.6. The van der Waals surface area contributed by atoms with Gasteiger partial charge in [-0.3, -0.25) is 4.79 Å². The maximum atomic E-state index is 12.7. The summed E-state index contributed by atoms with van der Waals surface area (Å²) in [4.78, 5) is 16.7. The lowest BCUT2D eigenvalue weighted by molar-refractivity contribution is 0.0747. The van der Waals surface area contributed by atoms with E-state index in [0.717, 1.165) is 24.5 Å². The molecular formula is C18H18Cl2N2O2. The second kappa shape index (κ2) is 7.32. The molecule has 1 aliphatic rings. The first-order valence-electron chi connectivity index (χ1n) is 7.73. The molecule has 0 bridgehead atoms. The van der Waals surface area contributed by atoms with Crippen molar-refractivity contribution >= 4 is 34.8 Å². The summed E-state index contributed by atoms with van der Waals surface area (Å²) < 4.78 is 5.42. The average molecular weight is 365 g/mol. The standard InChI is InChI=1S/C18H18Cl2N2O2/c1-24-16-8-3-2-7-15(16)21-9-11-22(12-10-21)18(23)13-5-4-6-14(19)17(13)20/h2-8H,9-12H2,1H3. The summed E-state index contributed by atoms with van der Waals surface area (Å²) in [5.74, 6) is 0.761. The fourth-order valence-corrected chi connectivity index (χ4v) is 3.26. The van der Waals surface area contributed by atoms with Crippen molar-refractivity contribution in [1.82, 2.24) is 4.90 Å². The highest BCUT2D eigenvalue weighted by molar-refractivity contribution is 6.43. The van der Waals surface area contributed by atoms with Gasteiger partial charge in [-0.15, -0.1) is 0 Å². The summed E-state index contributed by atoms with van der Waals surface area (Å²) >= 11 is 12.2. The van der Waals surface area contributed by atoms with Gasteiger partial charge in [0, 0.05) is 26.2 Å². The molecule has 1 amide bonds. The van der Waals surface area contributed by atoms with Crippen LogP contribution in [0.1, 0.15) is 10.4 Å². The molecule has 2 aromatic carbocycles. The van der Waals surface area contributed by atoms with E-state index < -0.39 is 0 Å². The van der Waals surface area contributed by atoms with Gasteiger partial charge in [0.1, 0.15) is 5.75 Å². The van der Waals surface area contributed by atoms with E-state index in [1.807, 2.05) is 29.2 Å². The largest absolute Gasteiger partial charge is 0.495 e. The van der Waals surface area contributed by atoms with E-state index in [0.29, 0.717) is 28.7 Å². The van der Waals surface area contributed by atoms with Gasteiger partial charge in [-0.25, -0.2) is 0 Å². The Hall–Kier alpha value is -1.91. The van der Waals surface area contributed by atoms with E-state index in [-0.39, 0.29) is 5.91 Å². The molecule has 1 saturated heterocycles. The molecule has 3 rings (SSSR count). The number of piperazine rings is 1. The number of benzene rings is 2. The summed E-state index contributed by atoms with van der Waals surface area (Å²) in [6.07, 6.45) is 0. The van der Waals surface area contributed by atoms with E-state index in [9.17, 15) is 4.79 Å². The van der Waals surface area contributed by atoms with Gasteiger partial charge in [0.2, 0.25) is 0 Å². The summed E-state index contributed by atoms with van der Waals surface area (Å²) in [5.41, 5.74) is 1.50. The second-order valence-electron chi connectivity index (χ2n) is 5.55. The quantitative estimate of drug-likeness (QED) is 0.825. The average Bonchev–Trinajstić information content (AvgIpc) is 2.63. The monoisotopic (exact) mass is 364 g/mol. The van der Waals surface area contributed by atoms with Crippen LogP contribution in [0.25, 0.3) is 0 Å². The van der Waals surface area contributed by atoms with Crippen LogP contribution in [-0.4, -0.2) is 44.1 Å². The zero-order valence-electron chi connectivity index (χ0n) is 13.3. The van der Waals surface area contributed by atoms with Crippen LogP contribution in [0.4, 0.5) is 5.69 Å². The lowest BCUT2D eigenvalue weighted by Gasteiger charge is -2.36. The van der Waals surface area contributed by atoms with Gasteiger partial charge in [-0.2, -0.15) is 0 Å². The minimum Gasteiger partial charge on any atom is -0.495 e. The van der Waals surface area contributed by atoms with Gasteiger partial charge >= 0.3 is 0 Å². The fourth-order valence-electron chi connectivity index (χ4n) is 2.88. The second-order valence-corrected chi connectivity index (χ2v) is 6.34. The maximum absolute atomic E-state index is 12.7. The number of ether oxygens (including phenoxy) is 1. The molecule has 0 aromatic heterocycles. The molecule has 4 nitrogen and oxygen atoms in total.